The molecule has 0 amide bonds. The Hall–Kier alpha value is -2.07. The maximum atomic E-state index is 14.9. The molecule has 0 saturated carbocycles. The lowest BCUT2D eigenvalue weighted by Crippen LogP contribution is -2.18. The normalized spacial score (nSPS) is 18.3. The van der Waals surface area contributed by atoms with E-state index in [-0.39, 0.29) is 27.8 Å². The van der Waals surface area contributed by atoms with Crippen LogP contribution in [-0.4, -0.2) is 6.61 Å². The molecule has 4 rings (SSSR count). The standard InChI is InChI=1S/C25H23F5O2P2.C2H6/c1-12-2-5-21(31-11-12)13-3-4-16(17(26)6-13)14-7-18(27)23(22(33)8-14)25(30)32-15-9-19(28)24(34)20(29)10-15;1-2/h3-4,6-10,12,21,25H,2,5,11,33-34H2,1H3;1-2H3. The summed E-state index contributed by atoms with van der Waals surface area (Å²) in [5.74, 6) is -3.38. The summed E-state index contributed by atoms with van der Waals surface area (Å²) in [6, 6.07) is 8.69. The van der Waals surface area contributed by atoms with Gasteiger partial charge in [-0.1, -0.05) is 42.1 Å². The second-order valence-electron chi connectivity index (χ2n) is 8.44. The average Bonchev–Trinajstić information content (AvgIpc) is 2.83. The summed E-state index contributed by atoms with van der Waals surface area (Å²) in [5.41, 5.74) is 0.611. The van der Waals surface area contributed by atoms with Gasteiger partial charge in [0, 0.05) is 29.6 Å². The summed E-state index contributed by atoms with van der Waals surface area (Å²) in [6.45, 7) is 6.71. The number of halogens is 5. The molecule has 5 atom stereocenters. The second-order valence-corrected chi connectivity index (χ2v) is 9.64. The Morgan fingerprint density at radius 2 is 1.56 bits per heavy atom. The van der Waals surface area contributed by atoms with Crippen LogP contribution in [0, 0.1) is 29.2 Å². The van der Waals surface area contributed by atoms with E-state index in [4.69, 9.17) is 9.47 Å². The molecule has 0 spiro atoms. The minimum Gasteiger partial charge on any atom is -0.456 e. The molecule has 1 heterocycles. The fourth-order valence-corrected chi connectivity index (χ4v) is 4.57. The van der Waals surface area contributed by atoms with Crippen molar-refractivity contribution in [1.29, 1.82) is 0 Å². The van der Waals surface area contributed by atoms with Crippen molar-refractivity contribution in [2.24, 2.45) is 5.92 Å². The summed E-state index contributed by atoms with van der Waals surface area (Å²) in [4.78, 5) is 0. The van der Waals surface area contributed by atoms with E-state index in [1.807, 2.05) is 23.1 Å². The molecule has 0 aliphatic carbocycles. The molecule has 0 N–H and O–H groups in total. The summed E-state index contributed by atoms with van der Waals surface area (Å²) in [7, 11) is 4.08. The first kappa shape index (κ1) is 28.5. The first-order chi connectivity index (χ1) is 17.1. The van der Waals surface area contributed by atoms with Crippen molar-refractivity contribution in [3.63, 3.8) is 0 Å². The van der Waals surface area contributed by atoms with Crippen LogP contribution >= 0.6 is 18.5 Å². The Kier molecular flexibility index (Phi) is 9.86. The Morgan fingerprint density at radius 3 is 2.11 bits per heavy atom. The number of benzene rings is 3. The van der Waals surface area contributed by atoms with Crippen LogP contribution in [0.4, 0.5) is 22.0 Å². The first-order valence-electron chi connectivity index (χ1n) is 11.7. The molecule has 194 valence electrons. The van der Waals surface area contributed by atoms with E-state index in [0.717, 1.165) is 31.0 Å². The van der Waals surface area contributed by atoms with Crippen LogP contribution in [0.3, 0.4) is 0 Å². The minimum atomic E-state index is -2.34. The molecular formula is C27H29F5O2P2. The van der Waals surface area contributed by atoms with Crippen LogP contribution in [0.25, 0.3) is 11.1 Å². The van der Waals surface area contributed by atoms with Crippen LogP contribution in [0.2, 0.25) is 0 Å². The summed E-state index contributed by atoms with van der Waals surface area (Å²) in [6.07, 6.45) is -0.737. The van der Waals surface area contributed by atoms with E-state index < -0.39 is 40.9 Å². The van der Waals surface area contributed by atoms with Crippen LogP contribution in [0.1, 0.15) is 57.2 Å². The summed E-state index contributed by atoms with van der Waals surface area (Å²) < 4.78 is 82.8. The molecule has 0 bridgehead atoms. The predicted molar refractivity (Wildman–Crippen MR) is 140 cm³/mol. The third kappa shape index (κ3) is 6.43. The fourth-order valence-electron chi connectivity index (χ4n) is 3.95. The molecule has 3 aromatic rings. The lowest BCUT2D eigenvalue weighted by Gasteiger charge is -2.27. The Morgan fingerprint density at radius 1 is 0.889 bits per heavy atom. The number of alkyl halides is 1. The van der Waals surface area contributed by atoms with Crippen LogP contribution in [-0.2, 0) is 4.74 Å². The average molecular weight is 542 g/mol. The molecule has 5 unspecified atom stereocenters. The third-order valence-electron chi connectivity index (χ3n) is 5.86. The summed E-state index contributed by atoms with van der Waals surface area (Å²) in [5, 5.41) is -0.234. The van der Waals surface area contributed by atoms with E-state index in [1.54, 1.807) is 12.1 Å². The topological polar surface area (TPSA) is 18.5 Å². The van der Waals surface area contributed by atoms with E-state index in [1.165, 1.54) is 12.1 Å². The van der Waals surface area contributed by atoms with Crippen molar-refractivity contribution in [2.75, 3.05) is 6.61 Å². The number of hydrogen-bond acceptors (Lipinski definition) is 2. The highest BCUT2D eigenvalue weighted by Crippen LogP contribution is 2.34. The van der Waals surface area contributed by atoms with Gasteiger partial charge in [-0.05, 0) is 53.4 Å². The molecule has 0 aromatic heterocycles. The largest absolute Gasteiger partial charge is 0.456 e. The SMILES string of the molecule is CC.CC1CCC(c2ccc(-c3cc(F)c(C(F)Oc4cc(F)c(P)c(F)c4)c(P)c3)c(F)c2)OC1. The van der Waals surface area contributed by atoms with E-state index in [9.17, 15) is 22.0 Å². The quantitative estimate of drug-likeness (QED) is 0.246. The van der Waals surface area contributed by atoms with Crippen molar-refractivity contribution in [3.8, 4) is 16.9 Å². The molecule has 0 radical (unpaired) electrons. The molecule has 1 fully saturated rings. The smallest absolute Gasteiger partial charge is 0.267 e. The van der Waals surface area contributed by atoms with Gasteiger partial charge in [0.15, 0.2) is 0 Å². The summed E-state index contributed by atoms with van der Waals surface area (Å²) >= 11 is 0. The van der Waals surface area contributed by atoms with E-state index in [0.29, 0.717) is 18.1 Å². The van der Waals surface area contributed by atoms with Gasteiger partial charge in [-0.15, -0.1) is 9.24 Å². The Labute approximate surface area is 213 Å². The zero-order chi connectivity index (χ0) is 26.6. The number of rotatable bonds is 5. The molecule has 1 aliphatic heterocycles. The van der Waals surface area contributed by atoms with Crippen LogP contribution < -0.4 is 15.3 Å². The predicted octanol–water partition coefficient (Wildman–Crippen LogP) is 7.47. The van der Waals surface area contributed by atoms with Gasteiger partial charge >= 0.3 is 0 Å². The van der Waals surface area contributed by atoms with Gasteiger partial charge < -0.3 is 9.47 Å². The molecular weight excluding hydrogens is 513 g/mol. The van der Waals surface area contributed by atoms with Gasteiger partial charge in [-0.25, -0.2) is 17.6 Å². The lowest BCUT2D eigenvalue weighted by atomic mass is 9.94. The second kappa shape index (κ2) is 12.4. The molecule has 9 heteroatoms. The number of ether oxygens (including phenoxy) is 2. The Balaban J connectivity index is 0.00000176. The van der Waals surface area contributed by atoms with Crippen molar-refractivity contribution in [1.82, 2.24) is 0 Å². The maximum Gasteiger partial charge on any atom is 0.267 e. The van der Waals surface area contributed by atoms with Crippen LogP contribution in [0.5, 0.6) is 5.75 Å². The molecule has 36 heavy (non-hydrogen) atoms. The van der Waals surface area contributed by atoms with Gasteiger partial charge in [0.1, 0.15) is 29.0 Å². The third-order valence-corrected chi connectivity index (χ3v) is 6.89. The molecule has 1 aliphatic rings. The van der Waals surface area contributed by atoms with Gasteiger partial charge in [-0.2, -0.15) is 4.39 Å². The monoisotopic (exact) mass is 542 g/mol. The van der Waals surface area contributed by atoms with Gasteiger partial charge in [0.05, 0.1) is 11.7 Å². The van der Waals surface area contributed by atoms with Gasteiger partial charge in [0.2, 0.25) is 0 Å². The maximum absolute atomic E-state index is 14.9. The zero-order valence-electron chi connectivity index (χ0n) is 20.3. The molecule has 2 nitrogen and oxygen atoms in total. The molecule has 1 saturated heterocycles. The lowest BCUT2D eigenvalue weighted by molar-refractivity contribution is -0.0125. The highest BCUT2D eigenvalue weighted by atomic mass is 31.0. The fraction of sp³-hybridized carbons (Fsp3) is 0.333. The van der Waals surface area contributed by atoms with Gasteiger partial charge in [-0.3, -0.25) is 0 Å². The van der Waals surface area contributed by atoms with Crippen molar-refractivity contribution >= 4 is 29.1 Å². The highest BCUT2D eigenvalue weighted by Gasteiger charge is 2.24. The Bertz CT molecular complexity index is 1170. The van der Waals surface area contributed by atoms with Crippen molar-refractivity contribution in [2.45, 2.75) is 46.1 Å². The van der Waals surface area contributed by atoms with Crippen molar-refractivity contribution in [3.05, 3.63) is 76.9 Å². The van der Waals surface area contributed by atoms with E-state index >= 15 is 0 Å². The highest BCUT2D eigenvalue weighted by molar-refractivity contribution is 7.27. The zero-order valence-corrected chi connectivity index (χ0v) is 22.6. The number of hydrogen-bond donors (Lipinski definition) is 0. The van der Waals surface area contributed by atoms with Gasteiger partial charge in [0.25, 0.3) is 6.36 Å². The van der Waals surface area contributed by atoms with Crippen molar-refractivity contribution < 1.29 is 31.4 Å². The molecule has 3 aromatic carbocycles. The van der Waals surface area contributed by atoms with Crippen LogP contribution in [0.15, 0.2) is 42.5 Å². The first-order valence-corrected chi connectivity index (χ1v) is 12.8. The van der Waals surface area contributed by atoms with E-state index in [2.05, 4.69) is 16.2 Å². The minimum absolute atomic E-state index is 0.0826.